The van der Waals surface area contributed by atoms with Crippen LogP contribution < -0.4 is 0 Å². The molecule has 0 N–H and O–H groups in total. The molecule has 0 bridgehead atoms. The summed E-state index contributed by atoms with van der Waals surface area (Å²) in [7, 11) is -0.811. The molecule has 2 rings (SSSR count). The van der Waals surface area contributed by atoms with Gasteiger partial charge in [-0.15, -0.1) is 0 Å². The number of fused-ring (bicyclic) bond motifs is 1. The summed E-state index contributed by atoms with van der Waals surface area (Å²) in [6.07, 6.45) is 12.3. The van der Waals surface area contributed by atoms with Gasteiger partial charge in [-0.25, -0.2) is 0 Å². The van der Waals surface area contributed by atoms with Crippen LogP contribution in [0.4, 0.5) is 0 Å². The van der Waals surface area contributed by atoms with Gasteiger partial charge in [-0.2, -0.15) is 0 Å². The maximum Gasteiger partial charge on any atom is 0.311 e. The molecule has 1 fully saturated rings. The molecule has 0 saturated heterocycles. The number of hydrogen-bond donors (Lipinski definition) is 0. The standard InChI is InChI=1S/C34H58O6Si/c1-12-14-24-19-25-16-15-23(3)28(31(25)29(20-24)39-32(37)34(7,8)13-2)18-17-26(35)21-27(22-30(36)38-9)40-41(10,11)33(4,5)6/h12,14-16,23-25,27-29,31H,13,17-22H2,1-11H3/b14-12+/t23-,24-,25-,27+,28-,29-,31-/m0/s1. The first-order chi connectivity index (χ1) is 19.0. The van der Waals surface area contributed by atoms with Gasteiger partial charge in [0.1, 0.15) is 11.9 Å². The van der Waals surface area contributed by atoms with Crippen LogP contribution in [0.2, 0.25) is 18.1 Å². The Bertz CT molecular complexity index is 959. The first kappa shape index (κ1) is 35.5. The molecule has 0 radical (unpaired) electrons. The Balaban J connectivity index is 2.22. The Morgan fingerprint density at radius 3 is 2.27 bits per heavy atom. The van der Waals surface area contributed by atoms with E-state index >= 15 is 0 Å². The predicted molar refractivity (Wildman–Crippen MR) is 168 cm³/mol. The number of rotatable bonds is 13. The van der Waals surface area contributed by atoms with E-state index in [-0.39, 0.29) is 59.5 Å². The van der Waals surface area contributed by atoms with E-state index in [4.69, 9.17) is 13.9 Å². The molecule has 0 aromatic carbocycles. The molecule has 7 atom stereocenters. The average molecular weight is 591 g/mol. The van der Waals surface area contributed by atoms with Crippen LogP contribution in [-0.4, -0.2) is 45.4 Å². The number of methoxy groups -OCH3 is 1. The van der Waals surface area contributed by atoms with Gasteiger partial charge in [0.2, 0.25) is 0 Å². The van der Waals surface area contributed by atoms with Gasteiger partial charge in [-0.05, 0) is 88.3 Å². The maximum absolute atomic E-state index is 13.4. The van der Waals surface area contributed by atoms with E-state index in [1.54, 1.807) is 0 Å². The van der Waals surface area contributed by atoms with Crippen LogP contribution in [0.25, 0.3) is 0 Å². The minimum atomic E-state index is -2.18. The van der Waals surface area contributed by atoms with Gasteiger partial charge in [0, 0.05) is 18.8 Å². The topological polar surface area (TPSA) is 78.9 Å². The third-order valence-corrected chi connectivity index (χ3v) is 14.7. The van der Waals surface area contributed by atoms with Crippen molar-refractivity contribution in [1.29, 1.82) is 0 Å². The number of carbonyl (C=O) groups excluding carboxylic acids is 3. The van der Waals surface area contributed by atoms with Crippen molar-refractivity contribution in [3.8, 4) is 0 Å². The minimum absolute atomic E-state index is 0.0338. The van der Waals surface area contributed by atoms with E-state index in [1.807, 2.05) is 27.7 Å². The minimum Gasteiger partial charge on any atom is -0.469 e. The molecular formula is C34H58O6Si. The monoisotopic (exact) mass is 590 g/mol. The molecule has 0 unspecified atom stereocenters. The van der Waals surface area contributed by atoms with E-state index in [0.717, 1.165) is 25.7 Å². The van der Waals surface area contributed by atoms with Crippen molar-refractivity contribution in [2.24, 2.45) is 35.0 Å². The zero-order valence-corrected chi connectivity index (χ0v) is 28.8. The molecule has 2 aliphatic carbocycles. The Morgan fingerprint density at radius 1 is 1.05 bits per heavy atom. The van der Waals surface area contributed by atoms with Crippen LogP contribution in [0, 0.1) is 35.0 Å². The number of hydrogen-bond acceptors (Lipinski definition) is 6. The maximum atomic E-state index is 13.4. The molecule has 0 spiro atoms. The number of Topliss-reactive ketones (excluding diaryl/α,β-unsaturated/α-hetero) is 1. The number of allylic oxidation sites excluding steroid dienone is 4. The average Bonchev–Trinajstić information content (AvgIpc) is 2.87. The lowest BCUT2D eigenvalue weighted by Crippen LogP contribution is -2.47. The molecule has 0 aromatic rings. The largest absolute Gasteiger partial charge is 0.469 e. The first-order valence-corrected chi connectivity index (χ1v) is 18.6. The number of ketones is 1. The molecule has 7 heteroatoms. The van der Waals surface area contributed by atoms with Crippen molar-refractivity contribution in [2.45, 2.75) is 131 Å². The highest BCUT2D eigenvalue weighted by atomic mass is 28.4. The SMILES string of the molecule is C/C=C/[C@@H]1C[C@H](OC(=O)C(C)(C)CC)[C@@H]2[C@@H](CCC(=O)C[C@H](CC(=O)OC)O[Si](C)(C)C(C)(C)C)[C@@H](C)C=C[C@H]2C1. The van der Waals surface area contributed by atoms with Gasteiger partial charge in [-0.1, -0.05) is 58.9 Å². The van der Waals surface area contributed by atoms with E-state index in [1.165, 1.54) is 7.11 Å². The summed E-state index contributed by atoms with van der Waals surface area (Å²) in [5.41, 5.74) is -0.524. The van der Waals surface area contributed by atoms with Gasteiger partial charge in [0.15, 0.2) is 8.32 Å². The lowest BCUT2D eigenvalue weighted by Gasteiger charge is -2.48. The highest BCUT2D eigenvalue weighted by molar-refractivity contribution is 6.74. The zero-order valence-electron chi connectivity index (χ0n) is 27.8. The van der Waals surface area contributed by atoms with Gasteiger partial charge < -0.3 is 13.9 Å². The van der Waals surface area contributed by atoms with E-state index in [0.29, 0.717) is 18.3 Å². The van der Waals surface area contributed by atoms with Crippen LogP contribution in [-0.2, 0) is 28.3 Å². The fourth-order valence-electron chi connectivity index (χ4n) is 6.10. The Morgan fingerprint density at radius 2 is 1.71 bits per heavy atom. The summed E-state index contributed by atoms with van der Waals surface area (Å²) >= 11 is 0. The highest BCUT2D eigenvalue weighted by Gasteiger charge is 2.46. The zero-order chi connectivity index (χ0) is 31.2. The molecule has 2 aliphatic rings. The van der Waals surface area contributed by atoms with Crippen molar-refractivity contribution in [3.63, 3.8) is 0 Å². The predicted octanol–water partition coefficient (Wildman–Crippen LogP) is 8.07. The second kappa shape index (κ2) is 14.6. The lowest BCUT2D eigenvalue weighted by atomic mass is 9.60. The molecule has 234 valence electrons. The highest BCUT2D eigenvalue weighted by Crippen LogP contribution is 2.48. The number of carbonyl (C=O) groups is 3. The van der Waals surface area contributed by atoms with Gasteiger partial charge in [0.05, 0.1) is 25.0 Å². The number of esters is 2. The van der Waals surface area contributed by atoms with Gasteiger partial charge in [0.25, 0.3) is 0 Å². The quantitative estimate of drug-likeness (QED) is 0.123. The molecule has 0 aromatic heterocycles. The van der Waals surface area contributed by atoms with E-state index in [9.17, 15) is 14.4 Å². The van der Waals surface area contributed by atoms with Gasteiger partial charge in [-0.3, -0.25) is 14.4 Å². The summed E-state index contributed by atoms with van der Waals surface area (Å²) in [5.74, 6) is 1.03. The van der Waals surface area contributed by atoms with Crippen LogP contribution >= 0.6 is 0 Å². The summed E-state index contributed by atoms with van der Waals surface area (Å²) in [6, 6.07) is 0. The normalized spacial score (nSPS) is 27.8. The van der Waals surface area contributed by atoms with Crippen molar-refractivity contribution in [3.05, 3.63) is 24.3 Å². The third-order valence-electron chi connectivity index (χ3n) is 10.1. The molecule has 0 heterocycles. The van der Waals surface area contributed by atoms with Crippen LogP contribution in [0.15, 0.2) is 24.3 Å². The summed E-state index contributed by atoms with van der Waals surface area (Å²) in [5, 5.41) is -0.0338. The van der Waals surface area contributed by atoms with Crippen molar-refractivity contribution in [2.75, 3.05) is 7.11 Å². The van der Waals surface area contributed by atoms with Crippen molar-refractivity contribution in [1.82, 2.24) is 0 Å². The first-order valence-electron chi connectivity index (χ1n) is 15.7. The fraction of sp³-hybridized carbons (Fsp3) is 0.794. The molecule has 1 saturated carbocycles. The van der Waals surface area contributed by atoms with Gasteiger partial charge >= 0.3 is 11.9 Å². The second-order valence-electron chi connectivity index (χ2n) is 14.6. The third kappa shape index (κ3) is 9.64. The molecule has 0 aliphatic heterocycles. The van der Waals surface area contributed by atoms with Crippen molar-refractivity contribution >= 4 is 26.0 Å². The number of ether oxygens (including phenoxy) is 2. The van der Waals surface area contributed by atoms with Crippen molar-refractivity contribution < 1.29 is 28.3 Å². The van der Waals surface area contributed by atoms with E-state index < -0.39 is 19.8 Å². The van der Waals surface area contributed by atoms with Crippen LogP contribution in [0.1, 0.15) is 100 Å². The smallest absolute Gasteiger partial charge is 0.311 e. The lowest BCUT2D eigenvalue weighted by molar-refractivity contribution is -0.169. The Kier molecular flexibility index (Phi) is 12.7. The van der Waals surface area contributed by atoms with Crippen LogP contribution in [0.5, 0.6) is 0 Å². The summed E-state index contributed by atoms with van der Waals surface area (Å²) in [4.78, 5) is 38.8. The molecule has 6 nitrogen and oxygen atoms in total. The fourth-order valence-corrected chi connectivity index (χ4v) is 7.45. The second-order valence-corrected chi connectivity index (χ2v) is 19.4. The summed E-state index contributed by atoms with van der Waals surface area (Å²) in [6.45, 7) is 20.9. The summed E-state index contributed by atoms with van der Waals surface area (Å²) < 4.78 is 17.8. The Hall–Kier alpha value is -1.73. The Labute approximate surface area is 251 Å². The molecule has 0 amide bonds. The molecular weight excluding hydrogens is 532 g/mol. The molecule has 41 heavy (non-hydrogen) atoms. The van der Waals surface area contributed by atoms with E-state index in [2.05, 4.69) is 65.1 Å². The van der Waals surface area contributed by atoms with Crippen LogP contribution in [0.3, 0.4) is 0 Å².